The first-order chi connectivity index (χ1) is 9.99. The van der Waals surface area contributed by atoms with Crippen LogP contribution in [0, 0.1) is 10.8 Å². The van der Waals surface area contributed by atoms with Gasteiger partial charge in [-0.1, -0.05) is 13.8 Å². The first kappa shape index (κ1) is 17.2. The molecular formula is C17H34N2O2. The van der Waals surface area contributed by atoms with E-state index in [1.807, 2.05) is 0 Å². The van der Waals surface area contributed by atoms with Gasteiger partial charge < -0.3 is 20.0 Å². The van der Waals surface area contributed by atoms with Gasteiger partial charge in [0, 0.05) is 37.1 Å². The third-order valence-electron chi connectivity index (χ3n) is 5.43. The highest BCUT2D eigenvalue weighted by atomic mass is 16.3. The lowest BCUT2D eigenvalue weighted by molar-refractivity contribution is 0.0333. The maximum atomic E-state index is 9.52. The Kier molecular flexibility index (Phi) is 6.06. The Morgan fingerprint density at radius 1 is 0.810 bits per heavy atom. The summed E-state index contributed by atoms with van der Waals surface area (Å²) in [6.45, 7) is 11.8. The van der Waals surface area contributed by atoms with Gasteiger partial charge in [0.05, 0.1) is 0 Å². The van der Waals surface area contributed by atoms with Crippen LogP contribution in [0.15, 0.2) is 0 Å². The highest BCUT2D eigenvalue weighted by Crippen LogP contribution is 2.30. The molecular weight excluding hydrogens is 264 g/mol. The van der Waals surface area contributed by atoms with E-state index >= 15 is 0 Å². The summed E-state index contributed by atoms with van der Waals surface area (Å²) in [6.07, 6.45) is 5.93. The molecule has 0 aromatic rings. The highest BCUT2D eigenvalue weighted by molar-refractivity contribution is 4.84. The van der Waals surface area contributed by atoms with Gasteiger partial charge in [-0.25, -0.2) is 0 Å². The van der Waals surface area contributed by atoms with Crippen LogP contribution >= 0.6 is 0 Å². The molecule has 0 aromatic heterocycles. The maximum absolute atomic E-state index is 9.52. The van der Waals surface area contributed by atoms with Crippen LogP contribution in [0.4, 0.5) is 0 Å². The van der Waals surface area contributed by atoms with Crippen molar-refractivity contribution in [3.05, 3.63) is 0 Å². The van der Waals surface area contributed by atoms with Crippen LogP contribution < -0.4 is 0 Å². The molecule has 2 aliphatic rings. The SMILES string of the molecule is CC1(CO)CCCN(CCCN2CCCC(C)(CO)C2)C1. The van der Waals surface area contributed by atoms with Crippen molar-refractivity contribution < 1.29 is 10.2 Å². The van der Waals surface area contributed by atoms with Crippen molar-refractivity contribution in [2.45, 2.75) is 46.0 Å². The lowest BCUT2D eigenvalue weighted by Crippen LogP contribution is -2.46. The van der Waals surface area contributed by atoms with E-state index in [2.05, 4.69) is 23.6 Å². The van der Waals surface area contributed by atoms with E-state index in [4.69, 9.17) is 0 Å². The second-order valence-electron chi connectivity index (χ2n) is 8.05. The average molecular weight is 298 g/mol. The monoisotopic (exact) mass is 298 g/mol. The van der Waals surface area contributed by atoms with E-state index in [9.17, 15) is 10.2 Å². The predicted molar refractivity (Wildman–Crippen MR) is 86.4 cm³/mol. The predicted octanol–water partition coefficient (Wildman–Crippen LogP) is 1.57. The Bertz CT molecular complexity index is 296. The van der Waals surface area contributed by atoms with Gasteiger partial charge in [-0.15, -0.1) is 0 Å². The van der Waals surface area contributed by atoms with Gasteiger partial charge in [0.15, 0.2) is 0 Å². The summed E-state index contributed by atoms with van der Waals surface area (Å²) in [7, 11) is 0. The third kappa shape index (κ3) is 4.92. The summed E-state index contributed by atoms with van der Waals surface area (Å²) in [5.41, 5.74) is 0.220. The van der Waals surface area contributed by atoms with Gasteiger partial charge in [-0.3, -0.25) is 0 Å². The maximum Gasteiger partial charge on any atom is 0.0497 e. The van der Waals surface area contributed by atoms with E-state index in [0.717, 1.165) is 39.0 Å². The van der Waals surface area contributed by atoms with Crippen molar-refractivity contribution in [1.82, 2.24) is 9.80 Å². The molecule has 0 aromatic carbocycles. The molecule has 2 atom stereocenters. The second-order valence-corrected chi connectivity index (χ2v) is 8.05. The number of likely N-dealkylation sites (tertiary alicyclic amines) is 2. The van der Waals surface area contributed by atoms with Crippen molar-refractivity contribution in [1.29, 1.82) is 0 Å². The number of rotatable bonds is 6. The molecule has 2 aliphatic heterocycles. The molecule has 4 nitrogen and oxygen atoms in total. The molecule has 2 saturated heterocycles. The van der Waals surface area contributed by atoms with Crippen LogP contribution in [-0.2, 0) is 0 Å². The summed E-state index contributed by atoms with van der Waals surface area (Å²) in [5.74, 6) is 0. The van der Waals surface area contributed by atoms with Gasteiger partial charge in [0.1, 0.15) is 0 Å². The van der Waals surface area contributed by atoms with E-state index in [1.54, 1.807) is 0 Å². The van der Waals surface area contributed by atoms with E-state index in [0.29, 0.717) is 13.2 Å². The summed E-state index contributed by atoms with van der Waals surface area (Å²) in [4.78, 5) is 5.05. The van der Waals surface area contributed by atoms with Crippen LogP contribution in [0.5, 0.6) is 0 Å². The fourth-order valence-electron chi connectivity index (χ4n) is 4.01. The molecule has 2 N–H and O–H groups in total. The van der Waals surface area contributed by atoms with Crippen molar-refractivity contribution in [3.8, 4) is 0 Å². The minimum Gasteiger partial charge on any atom is -0.396 e. The zero-order chi connectivity index (χ0) is 15.3. The molecule has 0 spiro atoms. The van der Waals surface area contributed by atoms with Crippen LogP contribution in [0.2, 0.25) is 0 Å². The second kappa shape index (κ2) is 7.40. The number of aliphatic hydroxyl groups is 2. The van der Waals surface area contributed by atoms with Gasteiger partial charge in [0.2, 0.25) is 0 Å². The van der Waals surface area contributed by atoms with E-state index in [-0.39, 0.29) is 10.8 Å². The van der Waals surface area contributed by atoms with Crippen LogP contribution in [0.1, 0.15) is 46.0 Å². The van der Waals surface area contributed by atoms with Crippen molar-refractivity contribution >= 4 is 0 Å². The lowest BCUT2D eigenvalue weighted by Gasteiger charge is -2.41. The zero-order valence-electron chi connectivity index (χ0n) is 14.0. The Morgan fingerprint density at radius 2 is 1.24 bits per heavy atom. The fourth-order valence-corrected chi connectivity index (χ4v) is 4.01. The lowest BCUT2D eigenvalue weighted by atomic mass is 9.82. The molecule has 2 unspecified atom stereocenters. The Balaban J connectivity index is 1.69. The number of nitrogens with zero attached hydrogens (tertiary/aromatic N) is 2. The molecule has 0 aliphatic carbocycles. The molecule has 2 heterocycles. The normalized spacial score (nSPS) is 36.0. The molecule has 2 rings (SSSR count). The largest absolute Gasteiger partial charge is 0.396 e. The van der Waals surface area contributed by atoms with E-state index in [1.165, 1.54) is 32.4 Å². The Morgan fingerprint density at radius 3 is 1.62 bits per heavy atom. The minimum absolute atomic E-state index is 0.110. The summed E-state index contributed by atoms with van der Waals surface area (Å²) < 4.78 is 0. The molecule has 0 bridgehead atoms. The van der Waals surface area contributed by atoms with E-state index < -0.39 is 0 Å². The first-order valence-electron chi connectivity index (χ1n) is 8.65. The van der Waals surface area contributed by atoms with Crippen molar-refractivity contribution in [2.75, 3.05) is 52.5 Å². The highest BCUT2D eigenvalue weighted by Gasteiger charge is 2.31. The number of hydrogen-bond acceptors (Lipinski definition) is 4. The van der Waals surface area contributed by atoms with Crippen LogP contribution in [0.3, 0.4) is 0 Å². The molecule has 2 fully saturated rings. The molecule has 0 saturated carbocycles. The van der Waals surface area contributed by atoms with Gasteiger partial charge in [-0.2, -0.15) is 0 Å². The standard InChI is InChI=1S/C17H34N2O2/c1-16(14-20)6-3-8-18(12-16)10-5-11-19-9-4-7-17(2,13-19)15-21/h20-21H,3-15H2,1-2H3. The fraction of sp³-hybridized carbons (Fsp3) is 1.00. The summed E-state index contributed by atoms with van der Waals surface area (Å²) in [5, 5.41) is 19.0. The first-order valence-corrected chi connectivity index (χ1v) is 8.65. The number of aliphatic hydroxyl groups excluding tert-OH is 2. The molecule has 124 valence electrons. The molecule has 0 radical (unpaired) electrons. The Labute approximate surface area is 130 Å². The summed E-state index contributed by atoms with van der Waals surface area (Å²) in [6, 6.07) is 0. The quantitative estimate of drug-likeness (QED) is 0.781. The van der Waals surface area contributed by atoms with Gasteiger partial charge >= 0.3 is 0 Å². The van der Waals surface area contributed by atoms with Crippen LogP contribution in [-0.4, -0.2) is 72.5 Å². The number of hydrogen-bond donors (Lipinski definition) is 2. The zero-order valence-corrected chi connectivity index (χ0v) is 14.0. The molecule has 4 heteroatoms. The average Bonchev–Trinajstić information content (AvgIpc) is 2.48. The summed E-state index contributed by atoms with van der Waals surface area (Å²) >= 11 is 0. The minimum atomic E-state index is 0.110. The number of piperidine rings is 2. The van der Waals surface area contributed by atoms with Gasteiger partial charge in [-0.05, 0) is 58.3 Å². The molecule has 0 amide bonds. The molecule has 21 heavy (non-hydrogen) atoms. The topological polar surface area (TPSA) is 46.9 Å². The smallest absolute Gasteiger partial charge is 0.0497 e. The van der Waals surface area contributed by atoms with Crippen molar-refractivity contribution in [3.63, 3.8) is 0 Å². The van der Waals surface area contributed by atoms with Crippen molar-refractivity contribution in [2.24, 2.45) is 10.8 Å². The Hall–Kier alpha value is -0.160. The van der Waals surface area contributed by atoms with Crippen LogP contribution in [0.25, 0.3) is 0 Å². The van der Waals surface area contributed by atoms with Gasteiger partial charge in [0.25, 0.3) is 0 Å². The third-order valence-corrected chi connectivity index (χ3v) is 5.43.